The summed E-state index contributed by atoms with van der Waals surface area (Å²) in [6.07, 6.45) is 1.41. The van der Waals surface area contributed by atoms with E-state index >= 15 is 0 Å². The number of carbonyl (C=O) groups is 1. The number of hydrogen-bond acceptors (Lipinski definition) is 2. The maximum atomic E-state index is 10.2. The summed E-state index contributed by atoms with van der Waals surface area (Å²) >= 11 is 0. The SMILES string of the molecule is C=N[C@@H](CCC)C(=O)O. The number of aliphatic carboxylic acids is 1. The molecular formula is C6H11NO2. The Morgan fingerprint density at radius 1 is 1.89 bits per heavy atom. The van der Waals surface area contributed by atoms with Gasteiger partial charge in [-0.3, -0.25) is 4.99 Å². The van der Waals surface area contributed by atoms with Crippen molar-refractivity contribution in [2.45, 2.75) is 25.8 Å². The molecule has 0 spiro atoms. The van der Waals surface area contributed by atoms with Crippen LogP contribution in [-0.2, 0) is 4.79 Å². The standard InChI is InChI=1S/C6H11NO2/c1-3-4-5(7-2)6(8)9/h5H,2-4H2,1H3,(H,8,9)/t5-/m0/s1. The Labute approximate surface area is 54.4 Å². The molecule has 0 radical (unpaired) electrons. The topological polar surface area (TPSA) is 49.7 Å². The fourth-order valence-corrected chi connectivity index (χ4v) is 0.566. The van der Waals surface area contributed by atoms with Crippen LogP contribution in [0.15, 0.2) is 4.99 Å². The lowest BCUT2D eigenvalue weighted by Gasteiger charge is -2.01. The Kier molecular flexibility index (Phi) is 3.67. The van der Waals surface area contributed by atoms with Crippen LogP contribution in [0.5, 0.6) is 0 Å². The maximum absolute atomic E-state index is 10.2. The van der Waals surface area contributed by atoms with Gasteiger partial charge in [0.05, 0.1) is 0 Å². The molecule has 0 bridgehead atoms. The van der Waals surface area contributed by atoms with E-state index in [2.05, 4.69) is 11.7 Å². The second kappa shape index (κ2) is 4.06. The summed E-state index contributed by atoms with van der Waals surface area (Å²) in [5.41, 5.74) is 0. The molecule has 0 aliphatic rings. The van der Waals surface area contributed by atoms with Crippen molar-refractivity contribution in [1.82, 2.24) is 0 Å². The van der Waals surface area contributed by atoms with E-state index in [1.54, 1.807) is 0 Å². The Morgan fingerprint density at radius 3 is 2.56 bits per heavy atom. The molecule has 0 saturated heterocycles. The molecule has 0 unspecified atom stereocenters. The molecule has 0 aliphatic carbocycles. The number of carboxylic acid groups (broad SMARTS) is 1. The molecule has 0 saturated carbocycles. The number of rotatable bonds is 4. The first-order valence-corrected chi connectivity index (χ1v) is 2.91. The summed E-state index contributed by atoms with van der Waals surface area (Å²) < 4.78 is 0. The molecular weight excluding hydrogens is 118 g/mol. The molecule has 0 heterocycles. The second-order valence-corrected chi connectivity index (χ2v) is 1.83. The van der Waals surface area contributed by atoms with E-state index in [9.17, 15) is 4.79 Å². The average Bonchev–Trinajstić information content (AvgIpc) is 1.82. The summed E-state index contributed by atoms with van der Waals surface area (Å²) in [4.78, 5) is 13.6. The molecule has 0 fully saturated rings. The average molecular weight is 129 g/mol. The fraction of sp³-hybridized carbons (Fsp3) is 0.667. The van der Waals surface area contributed by atoms with Crippen LogP contribution in [0.2, 0.25) is 0 Å². The first-order chi connectivity index (χ1) is 4.22. The Hall–Kier alpha value is -0.860. The number of aliphatic imine (C=N–C) groups is 1. The van der Waals surface area contributed by atoms with Gasteiger partial charge in [0.1, 0.15) is 6.04 Å². The molecule has 1 atom stereocenters. The first-order valence-electron chi connectivity index (χ1n) is 2.91. The van der Waals surface area contributed by atoms with Gasteiger partial charge in [0, 0.05) is 0 Å². The number of hydrogen-bond donors (Lipinski definition) is 1. The molecule has 0 aromatic carbocycles. The van der Waals surface area contributed by atoms with E-state index in [4.69, 9.17) is 5.11 Å². The van der Waals surface area contributed by atoms with Crippen molar-refractivity contribution in [3.05, 3.63) is 0 Å². The molecule has 0 amide bonds. The minimum absolute atomic E-state index is 0.582. The van der Waals surface area contributed by atoms with Crippen LogP contribution in [-0.4, -0.2) is 23.8 Å². The van der Waals surface area contributed by atoms with Crippen molar-refractivity contribution < 1.29 is 9.90 Å². The lowest BCUT2D eigenvalue weighted by atomic mass is 10.2. The minimum Gasteiger partial charge on any atom is -0.480 e. The fourth-order valence-electron chi connectivity index (χ4n) is 0.566. The zero-order chi connectivity index (χ0) is 7.28. The molecule has 0 aromatic rings. The van der Waals surface area contributed by atoms with Crippen LogP contribution >= 0.6 is 0 Å². The molecule has 52 valence electrons. The molecule has 1 N–H and O–H groups in total. The third-order valence-corrected chi connectivity index (χ3v) is 1.07. The highest BCUT2D eigenvalue weighted by Gasteiger charge is 2.11. The molecule has 3 nitrogen and oxygen atoms in total. The van der Waals surface area contributed by atoms with Gasteiger partial charge < -0.3 is 5.11 Å². The quantitative estimate of drug-likeness (QED) is 0.574. The molecule has 0 aromatic heterocycles. The second-order valence-electron chi connectivity index (χ2n) is 1.83. The van der Waals surface area contributed by atoms with Crippen LogP contribution in [0.3, 0.4) is 0 Å². The van der Waals surface area contributed by atoms with Gasteiger partial charge in [0.15, 0.2) is 0 Å². The molecule has 0 aliphatic heterocycles. The third-order valence-electron chi connectivity index (χ3n) is 1.07. The van der Waals surface area contributed by atoms with Gasteiger partial charge in [-0.25, -0.2) is 4.79 Å². The zero-order valence-corrected chi connectivity index (χ0v) is 5.50. The summed E-state index contributed by atoms with van der Waals surface area (Å²) in [6, 6.07) is -0.602. The zero-order valence-electron chi connectivity index (χ0n) is 5.50. The van der Waals surface area contributed by atoms with Crippen molar-refractivity contribution in [2.75, 3.05) is 0 Å². The van der Waals surface area contributed by atoms with Crippen LogP contribution in [0.4, 0.5) is 0 Å². The van der Waals surface area contributed by atoms with Crippen LogP contribution in [0.1, 0.15) is 19.8 Å². The van der Waals surface area contributed by atoms with E-state index in [-0.39, 0.29) is 0 Å². The van der Waals surface area contributed by atoms with Gasteiger partial charge in [0.2, 0.25) is 0 Å². The highest BCUT2D eigenvalue weighted by atomic mass is 16.4. The van der Waals surface area contributed by atoms with Gasteiger partial charge in [-0.2, -0.15) is 0 Å². The van der Waals surface area contributed by atoms with Crippen LogP contribution < -0.4 is 0 Å². The van der Waals surface area contributed by atoms with Crippen molar-refractivity contribution in [2.24, 2.45) is 4.99 Å². The van der Waals surface area contributed by atoms with Crippen molar-refractivity contribution in [3.8, 4) is 0 Å². The summed E-state index contributed by atoms with van der Waals surface area (Å²) in [5, 5.41) is 8.37. The normalized spacial score (nSPS) is 12.6. The third kappa shape index (κ3) is 2.85. The van der Waals surface area contributed by atoms with E-state index in [1.807, 2.05) is 6.92 Å². The maximum Gasteiger partial charge on any atom is 0.328 e. The van der Waals surface area contributed by atoms with Gasteiger partial charge in [0.25, 0.3) is 0 Å². The first kappa shape index (κ1) is 8.14. The molecule has 0 rings (SSSR count). The molecule has 3 heteroatoms. The van der Waals surface area contributed by atoms with E-state index in [0.29, 0.717) is 6.42 Å². The lowest BCUT2D eigenvalue weighted by molar-refractivity contribution is -0.138. The Bertz CT molecular complexity index is 112. The van der Waals surface area contributed by atoms with Crippen molar-refractivity contribution in [3.63, 3.8) is 0 Å². The summed E-state index contributed by atoms with van der Waals surface area (Å²) in [6.45, 7) is 5.09. The highest BCUT2D eigenvalue weighted by molar-refractivity contribution is 5.74. The largest absolute Gasteiger partial charge is 0.480 e. The predicted octanol–water partition coefficient (Wildman–Crippen LogP) is 0.940. The minimum atomic E-state index is -0.883. The van der Waals surface area contributed by atoms with Crippen molar-refractivity contribution in [1.29, 1.82) is 0 Å². The Balaban J connectivity index is 3.68. The van der Waals surface area contributed by atoms with E-state index in [0.717, 1.165) is 6.42 Å². The lowest BCUT2D eigenvalue weighted by Crippen LogP contribution is -2.16. The van der Waals surface area contributed by atoms with E-state index < -0.39 is 12.0 Å². The van der Waals surface area contributed by atoms with Gasteiger partial charge in [-0.05, 0) is 13.1 Å². The van der Waals surface area contributed by atoms with Gasteiger partial charge in [-0.15, -0.1) is 0 Å². The van der Waals surface area contributed by atoms with Gasteiger partial charge in [-0.1, -0.05) is 13.3 Å². The summed E-state index contributed by atoms with van der Waals surface area (Å²) in [7, 11) is 0. The Morgan fingerprint density at radius 2 is 2.44 bits per heavy atom. The van der Waals surface area contributed by atoms with Crippen LogP contribution in [0, 0.1) is 0 Å². The van der Waals surface area contributed by atoms with Gasteiger partial charge >= 0.3 is 5.97 Å². The summed E-state index contributed by atoms with van der Waals surface area (Å²) in [5.74, 6) is -0.883. The molecule has 9 heavy (non-hydrogen) atoms. The van der Waals surface area contributed by atoms with E-state index in [1.165, 1.54) is 0 Å². The van der Waals surface area contributed by atoms with Crippen molar-refractivity contribution >= 4 is 12.7 Å². The monoisotopic (exact) mass is 129 g/mol. The number of carboxylic acids is 1. The number of nitrogens with zero attached hydrogens (tertiary/aromatic N) is 1. The smallest absolute Gasteiger partial charge is 0.328 e. The predicted molar refractivity (Wildman–Crippen MR) is 35.9 cm³/mol. The highest BCUT2D eigenvalue weighted by Crippen LogP contribution is 1.99. The van der Waals surface area contributed by atoms with Crippen LogP contribution in [0.25, 0.3) is 0 Å².